The van der Waals surface area contributed by atoms with Crippen LogP contribution in [0.4, 0.5) is 0 Å². The minimum atomic E-state index is -3.97. The Morgan fingerprint density at radius 2 is 1.68 bits per heavy atom. The standard InChI is InChI=1S/C37H40N4O5S/c1-39(2)47(44,45)38-36(42)28-17-18-31-32(22-28)41-23-29(37(43)40-19-20-46-33(24-40)25-11-5-3-6-12-25)21-27-15-9-10-16-30(27)35(41)34(31)26-13-7-4-8-14-26/h3,5-6,9-12,15-18,21-22,26,33H,4,7-8,13-14,19-20,23-24H2,1-2H3,(H,38,42). The number of carbonyl (C=O) groups is 2. The lowest BCUT2D eigenvalue weighted by atomic mass is 9.81. The van der Waals surface area contributed by atoms with Gasteiger partial charge in [0.2, 0.25) is 0 Å². The zero-order chi connectivity index (χ0) is 32.7. The number of hydrogen-bond donors (Lipinski definition) is 1. The van der Waals surface area contributed by atoms with Crippen LogP contribution in [0.1, 0.15) is 71.2 Å². The Labute approximate surface area is 276 Å². The lowest BCUT2D eigenvalue weighted by Gasteiger charge is -2.34. The molecule has 1 atom stereocenters. The first-order chi connectivity index (χ1) is 22.7. The Morgan fingerprint density at radius 1 is 0.936 bits per heavy atom. The quantitative estimate of drug-likeness (QED) is 0.280. The van der Waals surface area contributed by atoms with Crippen molar-refractivity contribution in [2.75, 3.05) is 33.8 Å². The second-order valence-electron chi connectivity index (χ2n) is 12.9. The monoisotopic (exact) mass is 652 g/mol. The first-order valence-electron chi connectivity index (χ1n) is 16.4. The number of ether oxygens (including phenoxy) is 1. The molecule has 2 amide bonds. The molecule has 2 aliphatic heterocycles. The molecule has 1 saturated carbocycles. The van der Waals surface area contributed by atoms with Crippen molar-refractivity contribution in [2.45, 2.75) is 50.7 Å². The van der Waals surface area contributed by atoms with Crippen LogP contribution >= 0.6 is 0 Å². The number of carbonyl (C=O) groups excluding carboxylic acids is 2. The topological polar surface area (TPSA) is 101 Å². The maximum Gasteiger partial charge on any atom is 0.303 e. The van der Waals surface area contributed by atoms with Crippen LogP contribution in [-0.4, -0.2) is 67.8 Å². The molecule has 0 bridgehead atoms. The molecule has 9 nitrogen and oxygen atoms in total. The third-order valence-electron chi connectivity index (χ3n) is 9.76. The predicted octanol–water partition coefficient (Wildman–Crippen LogP) is 5.89. The number of hydrogen-bond acceptors (Lipinski definition) is 5. The molecular formula is C37H40N4O5S. The van der Waals surface area contributed by atoms with Gasteiger partial charge < -0.3 is 14.2 Å². The number of nitrogens with one attached hydrogen (secondary N) is 1. The average Bonchev–Trinajstić information content (AvgIpc) is 3.30. The van der Waals surface area contributed by atoms with E-state index in [1.54, 1.807) is 12.1 Å². The van der Waals surface area contributed by atoms with Gasteiger partial charge in [-0.3, -0.25) is 9.59 Å². The van der Waals surface area contributed by atoms with E-state index in [1.165, 1.54) is 26.1 Å². The summed E-state index contributed by atoms with van der Waals surface area (Å²) in [5.74, 6) is -0.395. The summed E-state index contributed by atoms with van der Waals surface area (Å²) in [5.41, 5.74) is 7.11. The van der Waals surface area contributed by atoms with Crippen LogP contribution in [0.5, 0.6) is 0 Å². The van der Waals surface area contributed by atoms with Gasteiger partial charge in [-0.15, -0.1) is 0 Å². The molecule has 1 unspecified atom stereocenters. The van der Waals surface area contributed by atoms with Crippen LogP contribution in [0.3, 0.4) is 0 Å². The molecule has 3 heterocycles. The van der Waals surface area contributed by atoms with Crippen molar-refractivity contribution >= 4 is 39.0 Å². The molecular weight excluding hydrogens is 612 g/mol. The van der Waals surface area contributed by atoms with E-state index < -0.39 is 16.1 Å². The molecule has 2 fully saturated rings. The van der Waals surface area contributed by atoms with Crippen LogP contribution < -0.4 is 4.72 Å². The maximum absolute atomic E-state index is 14.4. The van der Waals surface area contributed by atoms with E-state index in [1.807, 2.05) is 59.5 Å². The molecule has 7 rings (SSSR count). The second kappa shape index (κ2) is 12.7. The molecule has 10 heteroatoms. The van der Waals surface area contributed by atoms with Gasteiger partial charge in [-0.05, 0) is 53.7 Å². The Morgan fingerprint density at radius 3 is 2.45 bits per heavy atom. The molecule has 1 saturated heterocycles. The highest BCUT2D eigenvalue weighted by molar-refractivity contribution is 7.87. The van der Waals surface area contributed by atoms with Gasteiger partial charge in [0.25, 0.3) is 11.8 Å². The van der Waals surface area contributed by atoms with E-state index in [0.717, 1.165) is 63.3 Å². The number of fused-ring (bicyclic) bond motifs is 5. The van der Waals surface area contributed by atoms with Gasteiger partial charge in [-0.2, -0.15) is 12.7 Å². The van der Waals surface area contributed by atoms with Crippen LogP contribution in [0.25, 0.3) is 28.2 Å². The summed E-state index contributed by atoms with van der Waals surface area (Å²) in [4.78, 5) is 29.6. The van der Waals surface area contributed by atoms with E-state index >= 15 is 0 Å². The average molecular weight is 653 g/mol. The zero-order valence-corrected chi connectivity index (χ0v) is 27.6. The van der Waals surface area contributed by atoms with Crippen molar-refractivity contribution < 1.29 is 22.7 Å². The third kappa shape index (κ3) is 6.01. The van der Waals surface area contributed by atoms with Gasteiger partial charge >= 0.3 is 10.2 Å². The van der Waals surface area contributed by atoms with Crippen molar-refractivity contribution in [3.8, 4) is 11.3 Å². The summed E-state index contributed by atoms with van der Waals surface area (Å²) in [6.07, 6.45) is 7.50. The normalized spacial score (nSPS) is 18.7. The molecule has 0 spiro atoms. The van der Waals surface area contributed by atoms with E-state index in [0.29, 0.717) is 37.7 Å². The largest absolute Gasteiger partial charge is 0.370 e. The zero-order valence-electron chi connectivity index (χ0n) is 26.8. The van der Waals surface area contributed by atoms with Crippen LogP contribution in [0.2, 0.25) is 0 Å². The summed E-state index contributed by atoms with van der Waals surface area (Å²) < 4.78 is 36.4. The van der Waals surface area contributed by atoms with Gasteiger partial charge in [-0.1, -0.05) is 79.9 Å². The number of nitrogens with zero attached hydrogens (tertiary/aromatic N) is 3. The molecule has 3 aliphatic rings. The highest BCUT2D eigenvalue weighted by atomic mass is 32.2. The number of amides is 2. The van der Waals surface area contributed by atoms with Gasteiger partial charge in [0.1, 0.15) is 6.10 Å². The van der Waals surface area contributed by atoms with E-state index in [9.17, 15) is 18.0 Å². The van der Waals surface area contributed by atoms with E-state index in [4.69, 9.17) is 4.74 Å². The summed E-state index contributed by atoms with van der Waals surface area (Å²) in [7, 11) is -1.22. The molecule has 1 N–H and O–H groups in total. The van der Waals surface area contributed by atoms with Gasteiger partial charge in [0.15, 0.2) is 0 Å². The summed E-state index contributed by atoms with van der Waals surface area (Å²) >= 11 is 0. The number of benzene rings is 3. The summed E-state index contributed by atoms with van der Waals surface area (Å²) in [6.45, 7) is 1.73. The Hall–Kier alpha value is -4.25. The van der Waals surface area contributed by atoms with Gasteiger partial charge in [0.05, 0.1) is 25.4 Å². The highest BCUT2D eigenvalue weighted by Crippen LogP contribution is 2.46. The highest BCUT2D eigenvalue weighted by Gasteiger charge is 2.33. The number of aromatic nitrogens is 1. The number of rotatable bonds is 6. The minimum absolute atomic E-state index is 0.0380. The molecule has 1 aliphatic carbocycles. The summed E-state index contributed by atoms with van der Waals surface area (Å²) in [6, 6.07) is 23.7. The molecule has 1 aromatic heterocycles. The molecule has 0 radical (unpaired) electrons. The first kappa shape index (κ1) is 31.4. The Balaban J connectivity index is 1.34. The van der Waals surface area contributed by atoms with E-state index in [-0.39, 0.29) is 17.6 Å². The SMILES string of the molecule is CN(C)S(=O)(=O)NC(=O)c1ccc2c(C3CCCCC3)c3n(c2c1)CC(C(=O)N1CCOC(c2ccccc2)C1)=Cc1ccccc1-3. The lowest BCUT2D eigenvalue weighted by molar-refractivity contribution is -0.135. The molecule has 47 heavy (non-hydrogen) atoms. The fourth-order valence-corrected chi connectivity index (χ4v) is 7.86. The van der Waals surface area contributed by atoms with Crippen molar-refractivity contribution in [1.29, 1.82) is 0 Å². The van der Waals surface area contributed by atoms with Crippen LogP contribution in [0, 0.1) is 0 Å². The lowest BCUT2D eigenvalue weighted by Crippen LogP contribution is -2.43. The molecule has 244 valence electrons. The van der Waals surface area contributed by atoms with Crippen molar-refractivity contribution in [2.24, 2.45) is 0 Å². The fourth-order valence-electron chi connectivity index (χ4n) is 7.32. The molecule has 4 aromatic rings. The smallest absolute Gasteiger partial charge is 0.303 e. The van der Waals surface area contributed by atoms with Crippen LogP contribution in [0.15, 0.2) is 78.4 Å². The summed E-state index contributed by atoms with van der Waals surface area (Å²) in [5, 5.41) is 1.04. The molecule has 3 aromatic carbocycles. The number of morpholine rings is 1. The third-order valence-corrected chi connectivity index (χ3v) is 11.2. The van der Waals surface area contributed by atoms with Crippen molar-refractivity contribution in [3.63, 3.8) is 0 Å². The second-order valence-corrected chi connectivity index (χ2v) is 14.8. The van der Waals surface area contributed by atoms with E-state index in [2.05, 4.69) is 21.4 Å². The van der Waals surface area contributed by atoms with Gasteiger partial charge in [-0.25, -0.2) is 4.72 Å². The predicted molar refractivity (Wildman–Crippen MR) is 183 cm³/mol. The Bertz CT molecular complexity index is 1980. The fraction of sp³-hybridized carbons (Fsp3) is 0.351. The minimum Gasteiger partial charge on any atom is -0.370 e. The van der Waals surface area contributed by atoms with Crippen molar-refractivity contribution in [1.82, 2.24) is 18.5 Å². The maximum atomic E-state index is 14.4. The van der Waals surface area contributed by atoms with Crippen LogP contribution in [-0.2, 0) is 26.3 Å². The van der Waals surface area contributed by atoms with Gasteiger partial charge in [0, 0.05) is 48.2 Å². The first-order valence-corrected chi connectivity index (χ1v) is 17.8. The Kier molecular flexibility index (Phi) is 8.50. The van der Waals surface area contributed by atoms with Crippen molar-refractivity contribution in [3.05, 3.63) is 101 Å².